The van der Waals surface area contributed by atoms with Crippen LogP contribution in [0.4, 0.5) is 4.79 Å². The van der Waals surface area contributed by atoms with Gasteiger partial charge in [-0.2, -0.15) is 0 Å². The van der Waals surface area contributed by atoms with E-state index in [1.54, 1.807) is 31.2 Å². The highest BCUT2D eigenvalue weighted by molar-refractivity contribution is 9.10. The first-order valence-electron chi connectivity index (χ1n) is 11.0. The number of benzene rings is 1. The Kier molecular flexibility index (Phi) is 13.3. The van der Waals surface area contributed by atoms with Gasteiger partial charge < -0.3 is 21.1 Å². The number of ketones is 1. The lowest BCUT2D eigenvalue weighted by Crippen LogP contribution is -2.44. The van der Waals surface area contributed by atoms with Crippen LogP contribution in [0.15, 0.2) is 28.7 Å². The quantitative estimate of drug-likeness (QED) is 0.308. The Bertz CT molecular complexity index is 755. The summed E-state index contributed by atoms with van der Waals surface area (Å²) in [4.78, 5) is 48.1. The number of Topliss-reactive ketones (excluding diaryl/α,β-unsaturated/α-hetero) is 1. The number of hydrogen-bond donors (Lipinski definition) is 3. The van der Waals surface area contributed by atoms with Gasteiger partial charge in [0.05, 0.1) is 12.5 Å². The van der Waals surface area contributed by atoms with Crippen LogP contribution in [0.3, 0.4) is 0 Å². The number of unbranched alkanes of at least 4 members (excludes halogenated alkanes) is 4. The molecule has 0 saturated heterocycles. The maximum atomic E-state index is 12.6. The average molecular weight is 512 g/mol. The summed E-state index contributed by atoms with van der Waals surface area (Å²) in [6.07, 6.45) is 4.53. The minimum absolute atomic E-state index is 0.0767. The van der Waals surface area contributed by atoms with E-state index in [0.717, 1.165) is 36.6 Å². The van der Waals surface area contributed by atoms with E-state index < -0.39 is 18.0 Å². The lowest BCUT2D eigenvalue weighted by Gasteiger charge is -2.19. The van der Waals surface area contributed by atoms with Crippen molar-refractivity contribution in [2.45, 2.75) is 71.3 Å². The third kappa shape index (κ3) is 12.4. The summed E-state index contributed by atoms with van der Waals surface area (Å²) in [7, 11) is 0. The summed E-state index contributed by atoms with van der Waals surface area (Å²) in [5.74, 6) is -1.03. The molecule has 0 spiro atoms. The first kappa shape index (κ1) is 27.6. The number of amides is 3. The van der Waals surface area contributed by atoms with Gasteiger partial charge in [0.1, 0.15) is 5.75 Å². The third-order valence-electron chi connectivity index (χ3n) is 4.81. The number of rotatable bonds is 15. The Labute approximate surface area is 198 Å². The Morgan fingerprint density at radius 3 is 2.31 bits per heavy atom. The maximum Gasteiger partial charge on any atom is 0.412 e. The van der Waals surface area contributed by atoms with Crippen LogP contribution < -0.4 is 21.1 Å². The molecular weight excluding hydrogens is 478 g/mol. The second-order valence-electron chi connectivity index (χ2n) is 7.95. The predicted molar refractivity (Wildman–Crippen MR) is 126 cm³/mol. The molecule has 0 unspecified atom stereocenters. The van der Waals surface area contributed by atoms with Gasteiger partial charge in [0.15, 0.2) is 5.78 Å². The van der Waals surface area contributed by atoms with Crippen LogP contribution in [-0.2, 0) is 14.4 Å². The number of ether oxygens (including phenoxy) is 1. The fourth-order valence-corrected chi connectivity index (χ4v) is 3.33. The Balaban J connectivity index is 2.45. The molecule has 0 fully saturated rings. The van der Waals surface area contributed by atoms with Crippen LogP contribution in [0.1, 0.15) is 65.2 Å². The van der Waals surface area contributed by atoms with Crippen LogP contribution in [0.25, 0.3) is 0 Å². The molecule has 4 N–H and O–H groups in total. The van der Waals surface area contributed by atoms with Crippen LogP contribution >= 0.6 is 15.9 Å². The molecule has 0 radical (unpaired) electrons. The van der Waals surface area contributed by atoms with Crippen molar-refractivity contribution in [1.29, 1.82) is 0 Å². The van der Waals surface area contributed by atoms with E-state index in [1.807, 2.05) is 0 Å². The van der Waals surface area contributed by atoms with Gasteiger partial charge in [-0.15, -0.1) is 0 Å². The highest BCUT2D eigenvalue weighted by Gasteiger charge is 2.24. The summed E-state index contributed by atoms with van der Waals surface area (Å²) in [6.45, 7) is 4.11. The standard InChI is InChI=1S/C23H34BrN3O5/c1-3-4-5-6-7-8-22(30)27-19(14-21(25)29)20(28)13-16(2)15-26-23(31)32-18-11-9-17(24)10-12-18/h9-12,16,19H,3-8,13-15H2,1-2H3,(H2,25,29)(H,26,31)(H,27,30)/t16-,19-/m1/s1. The van der Waals surface area contributed by atoms with E-state index >= 15 is 0 Å². The number of hydrogen-bond acceptors (Lipinski definition) is 5. The number of nitrogens with two attached hydrogens (primary N) is 1. The van der Waals surface area contributed by atoms with E-state index in [9.17, 15) is 19.2 Å². The highest BCUT2D eigenvalue weighted by Crippen LogP contribution is 2.16. The number of nitrogens with one attached hydrogen (secondary N) is 2. The van der Waals surface area contributed by atoms with Crippen molar-refractivity contribution in [1.82, 2.24) is 10.6 Å². The number of carbonyl (C=O) groups excluding carboxylic acids is 4. The minimum atomic E-state index is -0.951. The second kappa shape index (κ2) is 15.4. The van der Waals surface area contributed by atoms with E-state index in [1.165, 1.54) is 0 Å². The van der Waals surface area contributed by atoms with Crippen LogP contribution in [0.2, 0.25) is 0 Å². The first-order chi connectivity index (χ1) is 15.2. The first-order valence-corrected chi connectivity index (χ1v) is 11.8. The summed E-state index contributed by atoms with van der Waals surface area (Å²) in [5.41, 5.74) is 5.25. The zero-order valence-corrected chi connectivity index (χ0v) is 20.4. The molecule has 2 atom stereocenters. The van der Waals surface area contributed by atoms with Crippen LogP contribution in [0, 0.1) is 5.92 Å². The second-order valence-corrected chi connectivity index (χ2v) is 8.87. The Morgan fingerprint density at radius 2 is 1.69 bits per heavy atom. The fraction of sp³-hybridized carbons (Fsp3) is 0.565. The van der Waals surface area contributed by atoms with E-state index in [0.29, 0.717) is 12.2 Å². The molecule has 1 aromatic rings. The molecule has 178 valence electrons. The van der Waals surface area contributed by atoms with Gasteiger partial charge in [-0.05, 0) is 36.6 Å². The molecule has 9 heteroatoms. The van der Waals surface area contributed by atoms with Gasteiger partial charge in [0, 0.05) is 23.9 Å². The normalized spacial score (nSPS) is 12.5. The molecule has 8 nitrogen and oxygen atoms in total. The van der Waals surface area contributed by atoms with Crippen molar-refractivity contribution in [3.05, 3.63) is 28.7 Å². The maximum absolute atomic E-state index is 12.6. The minimum Gasteiger partial charge on any atom is -0.410 e. The molecule has 1 aromatic carbocycles. The molecule has 0 aliphatic rings. The summed E-state index contributed by atoms with van der Waals surface area (Å²) < 4.78 is 6.03. The van der Waals surface area contributed by atoms with Crippen molar-refractivity contribution in [2.75, 3.05) is 6.54 Å². The molecular formula is C23H34BrN3O5. The molecule has 0 bridgehead atoms. The van der Waals surface area contributed by atoms with E-state index in [4.69, 9.17) is 10.5 Å². The predicted octanol–water partition coefficient (Wildman–Crippen LogP) is 3.85. The summed E-state index contributed by atoms with van der Waals surface area (Å²) >= 11 is 3.30. The van der Waals surface area contributed by atoms with Gasteiger partial charge in [-0.1, -0.05) is 55.5 Å². The Hall–Kier alpha value is -2.42. The zero-order chi connectivity index (χ0) is 23.9. The van der Waals surface area contributed by atoms with Crippen LogP contribution in [0.5, 0.6) is 5.75 Å². The van der Waals surface area contributed by atoms with Crippen molar-refractivity contribution < 1.29 is 23.9 Å². The molecule has 0 heterocycles. The van der Waals surface area contributed by atoms with E-state index in [2.05, 4.69) is 33.5 Å². The average Bonchev–Trinajstić information content (AvgIpc) is 2.73. The number of halogens is 1. The van der Waals surface area contributed by atoms with Crippen molar-refractivity contribution in [3.63, 3.8) is 0 Å². The molecule has 1 rings (SSSR count). The van der Waals surface area contributed by atoms with E-state index in [-0.39, 0.29) is 37.0 Å². The molecule has 0 aromatic heterocycles. The van der Waals surface area contributed by atoms with Gasteiger partial charge in [0.25, 0.3) is 0 Å². The molecule has 0 aliphatic heterocycles. The molecule has 3 amide bonds. The fourth-order valence-electron chi connectivity index (χ4n) is 3.06. The topological polar surface area (TPSA) is 128 Å². The third-order valence-corrected chi connectivity index (χ3v) is 5.33. The largest absolute Gasteiger partial charge is 0.412 e. The van der Waals surface area contributed by atoms with Crippen molar-refractivity contribution in [3.8, 4) is 5.75 Å². The monoisotopic (exact) mass is 511 g/mol. The lowest BCUT2D eigenvalue weighted by molar-refractivity contribution is -0.130. The van der Waals surface area contributed by atoms with Gasteiger partial charge >= 0.3 is 6.09 Å². The highest BCUT2D eigenvalue weighted by atomic mass is 79.9. The van der Waals surface area contributed by atoms with Crippen molar-refractivity contribution in [2.24, 2.45) is 11.7 Å². The molecule has 0 saturated carbocycles. The summed E-state index contributed by atoms with van der Waals surface area (Å²) in [6, 6.07) is 5.85. The SMILES string of the molecule is CCCCCCCC(=O)N[C@H](CC(N)=O)C(=O)C[C@@H](C)CNC(=O)Oc1ccc(Br)cc1. The smallest absolute Gasteiger partial charge is 0.410 e. The molecule has 32 heavy (non-hydrogen) atoms. The van der Waals surface area contributed by atoms with Crippen molar-refractivity contribution >= 4 is 39.6 Å². The van der Waals surface area contributed by atoms with Gasteiger partial charge in [-0.3, -0.25) is 14.4 Å². The zero-order valence-electron chi connectivity index (χ0n) is 18.8. The molecule has 0 aliphatic carbocycles. The van der Waals surface area contributed by atoms with Crippen LogP contribution in [-0.4, -0.2) is 36.3 Å². The lowest BCUT2D eigenvalue weighted by atomic mass is 9.97. The number of carbonyl (C=O) groups is 4. The van der Waals surface area contributed by atoms with Gasteiger partial charge in [-0.25, -0.2) is 4.79 Å². The van der Waals surface area contributed by atoms with Gasteiger partial charge in [0.2, 0.25) is 11.8 Å². The summed E-state index contributed by atoms with van der Waals surface area (Å²) in [5, 5.41) is 5.25. The number of primary amides is 1. The Morgan fingerprint density at radius 1 is 1.03 bits per heavy atom.